The van der Waals surface area contributed by atoms with Crippen LogP contribution in [0.4, 0.5) is 0 Å². The van der Waals surface area contributed by atoms with Crippen molar-refractivity contribution in [1.82, 2.24) is 14.5 Å². The number of ether oxygens (including phenoxy) is 1. The van der Waals surface area contributed by atoms with Gasteiger partial charge in [0.2, 0.25) is 5.88 Å². The zero-order valence-corrected chi connectivity index (χ0v) is 16.7. The molecule has 1 aromatic carbocycles. The Morgan fingerprint density at radius 3 is 2.54 bits per heavy atom. The van der Waals surface area contributed by atoms with Crippen molar-refractivity contribution in [3.63, 3.8) is 0 Å². The second-order valence-electron chi connectivity index (χ2n) is 6.60. The summed E-state index contributed by atoms with van der Waals surface area (Å²) in [7, 11) is 0. The Hall–Kier alpha value is -2.01. The topological polar surface area (TPSA) is 39.9 Å². The highest BCUT2D eigenvalue weighted by Gasteiger charge is 2.19. The fourth-order valence-electron chi connectivity index (χ4n) is 3.20. The second kappa shape index (κ2) is 8.58. The van der Waals surface area contributed by atoms with Gasteiger partial charge in [-0.3, -0.25) is 0 Å². The molecule has 2 aromatic heterocycles. The first-order chi connectivity index (χ1) is 12.7. The van der Waals surface area contributed by atoms with E-state index in [1.54, 1.807) is 0 Å². The molecular formula is C21H27N3OS. The van der Waals surface area contributed by atoms with Gasteiger partial charge >= 0.3 is 0 Å². The number of imidazole rings is 1. The van der Waals surface area contributed by atoms with E-state index in [9.17, 15) is 0 Å². The Kier molecular flexibility index (Phi) is 6.20. The molecule has 0 radical (unpaired) electrons. The molecule has 0 atom stereocenters. The predicted molar refractivity (Wildman–Crippen MR) is 111 cm³/mol. The third kappa shape index (κ3) is 3.88. The lowest BCUT2D eigenvalue weighted by Crippen LogP contribution is -2.06. The number of fused-ring (bicyclic) bond motifs is 1. The van der Waals surface area contributed by atoms with E-state index in [0.29, 0.717) is 5.88 Å². The van der Waals surface area contributed by atoms with Gasteiger partial charge in [0.1, 0.15) is 11.6 Å². The number of thiol groups is 1. The van der Waals surface area contributed by atoms with E-state index < -0.39 is 0 Å². The SMILES string of the molecule is CCCc1nc2c(Oc3ccccc3)nc(C)c(C)c2n1CCCCS. The first kappa shape index (κ1) is 18.8. The molecule has 0 aliphatic heterocycles. The molecule has 0 saturated heterocycles. The highest BCUT2D eigenvalue weighted by atomic mass is 32.1. The number of hydrogen-bond acceptors (Lipinski definition) is 4. The molecule has 0 spiro atoms. The molecule has 26 heavy (non-hydrogen) atoms. The van der Waals surface area contributed by atoms with Crippen molar-refractivity contribution in [2.45, 2.75) is 53.0 Å². The summed E-state index contributed by atoms with van der Waals surface area (Å²) < 4.78 is 8.47. The molecule has 5 heteroatoms. The third-order valence-electron chi connectivity index (χ3n) is 4.64. The number of benzene rings is 1. The van der Waals surface area contributed by atoms with Gasteiger partial charge in [-0.25, -0.2) is 9.97 Å². The first-order valence-corrected chi connectivity index (χ1v) is 9.99. The smallest absolute Gasteiger partial charge is 0.247 e. The van der Waals surface area contributed by atoms with Gasteiger partial charge in [-0.15, -0.1) is 0 Å². The molecule has 3 rings (SSSR count). The number of aromatic nitrogens is 3. The summed E-state index contributed by atoms with van der Waals surface area (Å²) in [5.41, 5.74) is 4.19. The molecule has 0 aliphatic rings. The van der Waals surface area contributed by atoms with Gasteiger partial charge in [0.15, 0.2) is 5.52 Å². The molecule has 0 aliphatic carbocycles. The van der Waals surface area contributed by atoms with Crippen LogP contribution in [-0.4, -0.2) is 20.3 Å². The second-order valence-corrected chi connectivity index (χ2v) is 7.05. The van der Waals surface area contributed by atoms with Crippen molar-refractivity contribution < 1.29 is 4.74 Å². The highest BCUT2D eigenvalue weighted by molar-refractivity contribution is 7.80. The molecule has 0 N–H and O–H groups in total. The van der Waals surface area contributed by atoms with Gasteiger partial charge in [0, 0.05) is 18.7 Å². The minimum absolute atomic E-state index is 0.597. The predicted octanol–water partition coefficient (Wildman–Crippen LogP) is 5.50. The maximum Gasteiger partial charge on any atom is 0.247 e. The zero-order chi connectivity index (χ0) is 18.5. The van der Waals surface area contributed by atoms with E-state index in [1.165, 1.54) is 5.56 Å². The van der Waals surface area contributed by atoms with Crippen LogP contribution in [0, 0.1) is 13.8 Å². The Balaban J connectivity index is 2.11. The Labute approximate surface area is 161 Å². The fourth-order valence-corrected chi connectivity index (χ4v) is 3.42. The summed E-state index contributed by atoms with van der Waals surface area (Å²) in [6.07, 6.45) is 4.22. The Bertz CT molecular complexity index is 874. The summed E-state index contributed by atoms with van der Waals surface area (Å²) >= 11 is 4.35. The van der Waals surface area contributed by atoms with Crippen LogP contribution in [0.1, 0.15) is 43.3 Å². The number of para-hydroxylation sites is 1. The van der Waals surface area contributed by atoms with Gasteiger partial charge in [-0.2, -0.15) is 12.6 Å². The number of unbranched alkanes of at least 4 members (excludes halogenated alkanes) is 1. The molecule has 2 heterocycles. The number of hydrogen-bond donors (Lipinski definition) is 1. The lowest BCUT2D eigenvalue weighted by atomic mass is 10.2. The Morgan fingerprint density at radius 1 is 1.08 bits per heavy atom. The van der Waals surface area contributed by atoms with Crippen molar-refractivity contribution in [3.8, 4) is 11.6 Å². The number of aryl methyl sites for hydroxylation is 4. The zero-order valence-electron chi connectivity index (χ0n) is 15.8. The average molecular weight is 370 g/mol. The fraction of sp³-hybridized carbons (Fsp3) is 0.429. The number of rotatable bonds is 8. The normalized spacial score (nSPS) is 11.2. The molecule has 138 valence electrons. The van der Waals surface area contributed by atoms with E-state index in [0.717, 1.165) is 66.3 Å². The van der Waals surface area contributed by atoms with E-state index in [1.807, 2.05) is 37.3 Å². The molecular weight excluding hydrogens is 342 g/mol. The molecule has 3 aromatic rings. The van der Waals surface area contributed by atoms with Crippen LogP contribution in [0.5, 0.6) is 11.6 Å². The van der Waals surface area contributed by atoms with Crippen LogP contribution < -0.4 is 4.74 Å². The molecule has 0 bridgehead atoms. The van der Waals surface area contributed by atoms with Gasteiger partial charge in [-0.1, -0.05) is 25.1 Å². The van der Waals surface area contributed by atoms with E-state index in [2.05, 4.69) is 31.0 Å². The van der Waals surface area contributed by atoms with Gasteiger partial charge in [-0.05, 0) is 56.6 Å². The quantitative estimate of drug-likeness (QED) is 0.421. The first-order valence-electron chi connectivity index (χ1n) is 9.35. The van der Waals surface area contributed by atoms with Crippen molar-refractivity contribution in [2.75, 3.05) is 5.75 Å². The van der Waals surface area contributed by atoms with Gasteiger partial charge in [0.05, 0.1) is 5.52 Å². The summed E-state index contributed by atoms with van der Waals surface area (Å²) in [4.78, 5) is 9.63. The summed E-state index contributed by atoms with van der Waals surface area (Å²) in [5.74, 6) is 3.42. The molecule has 0 fully saturated rings. The lowest BCUT2D eigenvalue weighted by Gasteiger charge is -2.12. The lowest BCUT2D eigenvalue weighted by molar-refractivity contribution is 0.466. The average Bonchev–Trinajstić information content (AvgIpc) is 3.00. The third-order valence-corrected chi connectivity index (χ3v) is 4.95. The maximum absolute atomic E-state index is 6.10. The summed E-state index contributed by atoms with van der Waals surface area (Å²) in [6.45, 7) is 7.32. The van der Waals surface area contributed by atoms with Crippen LogP contribution in [0.15, 0.2) is 30.3 Å². The molecule has 0 amide bonds. The standard InChI is InChI=1S/C21H27N3OS/c1-4-10-18-23-19-20(24(18)13-8-9-14-26)15(2)16(3)22-21(19)25-17-11-6-5-7-12-17/h5-7,11-12,26H,4,8-10,13-14H2,1-3H3. The molecule has 4 nitrogen and oxygen atoms in total. The van der Waals surface area contributed by atoms with E-state index in [4.69, 9.17) is 14.7 Å². The molecule has 0 unspecified atom stereocenters. The number of nitrogens with zero attached hydrogens (tertiary/aromatic N) is 3. The van der Waals surface area contributed by atoms with Crippen LogP contribution in [0.2, 0.25) is 0 Å². The van der Waals surface area contributed by atoms with Crippen LogP contribution in [-0.2, 0) is 13.0 Å². The van der Waals surface area contributed by atoms with Crippen molar-refractivity contribution in [1.29, 1.82) is 0 Å². The molecule has 0 saturated carbocycles. The Morgan fingerprint density at radius 2 is 1.85 bits per heavy atom. The van der Waals surface area contributed by atoms with Crippen molar-refractivity contribution in [2.24, 2.45) is 0 Å². The van der Waals surface area contributed by atoms with Crippen molar-refractivity contribution >= 4 is 23.7 Å². The monoisotopic (exact) mass is 369 g/mol. The highest BCUT2D eigenvalue weighted by Crippen LogP contribution is 2.32. The van der Waals surface area contributed by atoms with E-state index >= 15 is 0 Å². The van der Waals surface area contributed by atoms with Crippen molar-refractivity contribution in [3.05, 3.63) is 47.4 Å². The van der Waals surface area contributed by atoms with Gasteiger partial charge < -0.3 is 9.30 Å². The van der Waals surface area contributed by atoms with Crippen LogP contribution in [0.25, 0.3) is 11.0 Å². The van der Waals surface area contributed by atoms with Gasteiger partial charge in [0.25, 0.3) is 0 Å². The minimum atomic E-state index is 0.597. The van der Waals surface area contributed by atoms with Crippen LogP contribution >= 0.6 is 12.6 Å². The summed E-state index contributed by atoms with van der Waals surface area (Å²) in [5, 5.41) is 0. The summed E-state index contributed by atoms with van der Waals surface area (Å²) in [6, 6.07) is 9.79. The van der Waals surface area contributed by atoms with Crippen LogP contribution in [0.3, 0.4) is 0 Å². The number of pyridine rings is 1. The van der Waals surface area contributed by atoms with E-state index in [-0.39, 0.29) is 0 Å². The minimum Gasteiger partial charge on any atom is -0.437 e. The largest absolute Gasteiger partial charge is 0.437 e. The maximum atomic E-state index is 6.10.